The van der Waals surface area contributed by atoms with Gasteiger partial charge in [-0.25, -0.2) is 4.99 Å². The summed E-state index contributed by atoms with van der Waals surface area (Å²) in [5.41, 5.74) is 4.54. The van der Waals surface area contributed by atoms with Crippen molar-refractivity contribution in [1.29, 1.82) is 0 Å². The van der Waals surface area contributed by atoms with Crippen LogP contribution in [0.4, 0.5) is 11.4 Å². The van der Waals surface area contributed by atoms with E-state index in [9.17, 15) is 15.2 Å². The predicted octanol–water partition coefficient (Wildman–Crippen LogP) is 5.95. The van der Waals surface area contributed by atoms with E-state index in [1.807, 2.05) is 42.5 Å². The van der Waals surface area contributed by atoms with Gasteiger partial charge in [0.1, 0.15) is 0 Å². The van der Waals surface area contributed by atoms with Crippen molar-refractivity contribution in [3.63, 3.8) is 0 Å². The predicted molar refractivity (Wildman–Crippen MR) is 139 cm³/mol. The molecular weight excluding hydrogens is 440 g/mol. The van der Waals surface area contributed by atoms with Gasteiger partial charge in [0, 0.05) is 36.7 Å². The largest absolute Gasteiger partial charge is 0.494 e. The van der Waals surface area contributed by atoms with Crippen LogP contribution in [0.5, 0.6) is 5.88 Å². The third-order valence-electron chi connectivity index (χ3n) is 6.68. The molecule has 1 aliphatic rings. The van der Waals surface area contributed by atoms with E-state index in [1.165, 1.54) is 37.0 Å². The first-order valence-electron chi connectivity index (χ1n) is 11.9. The Kier molecular flexibility index (Phi) is 6.33. The summed E-state index contributed by atoms with van der Waals surface area (Å²) >= 11 is 0. The Morgan fingerprint density at radius 2 is 1.71 bits per heavy atom. The summed E-state index contributed by atoms with van der Waals surface area (Å²) in [6.07, 6.45) is 3.83. The Morgan fingerprint density at radius 1 is 1.00 bits per heavy atom. The highest BCUT2D eigenvalue weighted by molar-refractivity contribution is 6.22. The molecule has 1 fully saturated rings. The number of fused-ring (bicyclic) bond motifs is 1. The van der Waals surface area contributed by atoms with Gasteiger partial charge in [-0.05, 0) is 49.7 Å². The molecule has 0 radical (unpaired) electrons. The SMILES string of the molecule is Cn1c(O)c(C(=Nc2ccc(CN3CCCCC3)cc2)c2ccccc2)c2cc([N+](=O)[O-])ccc21. The van der Waals surface area contributed by atoms with Gasteiger partial charge in [-0.3, -0.25) is 15.0 Å². The minimum absolute atomic E-state index is 0.0184. The highest BCUT2D eigenvalue weighted by Gasteiger charge is 2.23. The van der Waals surface area contributed by atoms with Crippen molar-refractivity contribution in [1.82, 2.24) is 9.47 Å². The van der Waals surface area contributed by atoms with Crippen LogP contribution in [-0.4, -0.2) is 38.3 Å². The molecule has 1 N–H and O–H groups in total. The number of hydrogen-bond acceptors (Lipinski definition) is 5. The fraction of sp³-hybridized carbons (Fsp3) is 0.250. The number of rotatable bonds is 6. The minimum atomic E-state index is -0.423. The summed E-state index contributed by atoms with van der Waals surface area (Å²) < 4.78 is 1.63. The van der Waals surface area contributed by atoms with Crippen LogP contribution in [0.1, 0.15) is 36.0 Å². The van der Waals surface area contributed by atoms with Gasteiger partial charge in [-0.15, -0.1) is 0 Å². The number of nitro benzene ring substituents is 1. The van der Waals surface area contributed by atoms with Crippen molar-refractivity contribution < 1.29 is 10.0 Å². The Hall–Kier alpha value is -3.97. The number of nitro groups is 1. The Balaban J connectivity index is 1.59. The third-order valence-corrected chi connectivity index (χ3v) is 6.68. The van der Waals surface area contributed by atoms with Gasteiger partial charge in [-0.1, -0.05) is 48.9 Å². The van der Waals surface area contributed by atoms with E-state index in [0.717, 1.165) is 30.9 Å². The molecule has 0 unspecified atom stereocenters. The number of aryl methyl sites for hydroxylation is 1. The van der Waals surface area contributed by atoms with Gasteiger partial charge in [0.2, 0.25) is 5.88 Å². The fourth-order valence-electron chi connectivity index (χ4n) is 4.81. The lowest BCUT2D eigenvalue weighted by Crippen LogP contribution is -2.28. The lowest BCUT2D eigenvalue weighted by Gasteiger charge is -2.26. The molecule has 0 spiro atoms. The van der Waals surface area contributed by atoms with Gasteiger partial charge in [0.25, 0.3) is 5.69 Å². The van der Waals surface area contributed by atoms with Crippen molar-refractivity contribution in [2.75, 3.05) is 13.1 Å². The number of nitrogens with zero attached hydrogens (tertiary/aromatic N) is 4. The molecule has 0 amide bonds. The molecule has 0 bridgehead atoms. The van der Waals surface area contributed by atoms with Crippen molar-refractivity contribution in [3.05, 3.63) is 99.6 Å². The zero-order chi connectivity index (χ0) is 24.4. The molecule has 2 heterocycles. The molecule has 4 aromatic rings. The highest BCUT2D eigenvalue weighted by Crippen LogP contribution is 2.35. The number of likely N-dealkylation sites (tertiary alicyclic amines) is 1. The van der Waals surface area contributed by atoms with E-state index in [1.54, 1.807) is 17.7 Å². The summed E-state index contributed by atoms with van der Waals surface area (Å²) in [7, 11) is 1.74. The van der Waals surface area contributed by atoms with Crippen LogP contribution in [0.3, 0.4) is 0 Å². The molecule has 0 atom stereocenters. The summed E-state index contributed by atoms with van der Waals surface area (Å²) in [5, 5.41) is 23.1. The number of hydrogen-bond donors (Lipinski definition) is 1. The van der Waals surface area contributed by atoms with Gasteiger partial charge >= 0.3 is 0 Å². The second-order valence-electron chi connectivity index (χ2n) is 9.05. The van der Waals surface area contributed by atoms with Crippen LogP contribution in [0, 0.1) is 10.1 Å². The molecule has 7 nitrogen and oxygen atoms in total. The van der Waals surface area contributed by atoms with Crippen LogP contribution in [0.25, 0.3) is 10.9 Å². The van der Waals surface area contributed by atoms with Gasteiger partial charge < -0.3 is 9.67 Å². The standard InChI is InChI=1S/C28H28N4O3/c1-30-25-15-14-23(32(34)35)18-24(25)26(28(30)33)27(21-8-4-2-5-9-21)29-22-12-10-20(11-13-22)19-31-16-6-3-7-17-31/h2,4-5,8-15,18,33H,3,6-7,16-17,19H2,1H3. The normalized spacial score (nSPS) is 14.9. The molecule has 0 saturated carbocycles. The summed E-state index contributed by atoms with van der Waals surface area (Å²) in [6, 6.07) is 22.4. The molecular formula is C28H28N4O3. The Labute approximate surface area is 204 Å². The van der Waals surface area contributed by atoms with Crippen molar-refractivity contribution in [3.8, 4) is 5.88 Å². The first-order valence-corrected chi connectivity index (χ1v) is 11.9. The lowest BCUT2D eigenvalue weighted by atomic mass is 10.0. The van der Waals surface area contributed by atoms with Gasteiger partial charge in [0.15, 0.2) is 0 Å². The zero-order valence-corrected chi connectivity index (χ0v) is 19.7. The Morgan fingerprint density at radius 3 is 2.40 bits per heavy atom. The minimum Gasteiger partial charge on any atom is -0.494 e. The van der Waals surface area contributed by atoms with Crippen LogP contribution >= 0.6 is 0 Å². The van der Waals surface area contributed by atoms with Crippen LogP contribution < -0.4 is 0 Å². The van der Waals surface area contributed by atoms with E-state index in [-0.39, 0.29) is 11.6 Å². The maximum absolute atomic E-state index is 11.5. The highest BCUT2D eigenvalue weighted by atomic mass is 16.6. The van der Waals surface area contributed by atoms with Gasteiger partial charge in [-0.2, -0.15) is 0 Å². The van der Waals surface area contributed by atoms with Crippen molar-refractivity contribution in [2.24, 2.45) is 12.0 Å². The van der Waals surface area contributed by atoms with E-state index in [4.69, 9.17) is 4.99 Å². The number of aromatic hydroxyl groups is 1. The second kappa shape index (κ2) is 9.72. The lowest BCUT2D eigenvalue weighted by molar-refractivity contribution is -0.384. The maximum atomic E-state index is 11.5. The van der Waals surface area contributed by atoms with Crippen LogP contribution in [-0.2, 0) is 13.6 Å². The molecule has 1 aliphatic heterocycles. The second-order valence-corrected chi connectivity index (χ2v) is 9.05. The molecule has 1 aromatic heterocycles. The van der Waals surface area contributed by atoms with E-state index in [0.29, 0.717) is 22.2 Å². The first-order chi connectivity index (χ1) is 17.0. The van der Waals surface area contributed by atoms with Crippen molar-refractivity contribution in [2.45, 2.75) is 25.8 Å². The monoisotopic (exact) mass is 468 g/mol. The molecule has 7 heteroatoms. The maximum Gasteiger partial charge on any atom is 0.270 e. The molecule has 35 heavy (non-hydrogen) atoms. The van der Waals surface area contributed by atoms with Gasteiger partial charge in [0.05, 0.1) is 27.4 Å². The fourth-order valence-corrected chi connectivity index (χ4v) is 4.81. The molecule has 1 saturated heterocycles. The van der Waals surface area contributed by atoms with E-state index < -0.39 is 4.92 Å². The quantitative estimate of drug-likeness (QED) is 0.215. The van der Waals surface area contributed by atoms with E-state index >= 15 is 0 Å². The number of benzene rings is 3. The number of aliphatic imine (C=N–C) groups is 1. The summed E-state index contributed by atoms with van der Waals surface area (Å²) in [4.78, 5) is 18.5. The average molecular weight is 469 g/mol. The first kappa shape index (κ1) is 22.8. The third kappa shape index (κ3) is 4.68. The van der Waals surface area contributed by atoms with Crippen molar-refractivity contribution >= 4 is 28.0 Å². The van der Waals surface area contributed by atoms with Crippen LogP contribution in [0.15, 0.2) is 77.8 Å². The zero-order valence-electron chi connectivity index (χ0n) is 19.7. The summed E-state index contributed by atoms with van der Waals surface area (Å²) in [5.74, 6) is 0.0184. The van der Waals surface area contributed by atoms with E-state index in [2.05, 4.69) is 17.0 Å². The number of aromatic nitrogens is 1. The molecule has 0 aliphatic carbocycles. The van der Waals surface area contributed by atoms with Crippen LogP contribution in [0.2, 0.25) is 0 Å². The average Bonchev–Trinajstić information content (AvgIpc) is 3.14. The molecule has 178 valence electrons. The Bertz CT molecular complexity index is 1390. The smallest absolute Gasteiger partial charge is 0.270 e. The number of non-ortho nitro benzene ring substituents is 1. The topological polar surface area (TPSA) is 83.9 Å². The molecule has 5 rings (SSSR count). The molecule has 3 aromatic carbocycles. The summed E-state index contributed by atoms with van der Waals surface area (Å²) in [6.45, 7) is 3.22. The number of piperidine rings is 1.